The number of anilines is 1. The molecular formula is C16H20N2O. The summed E-state index contributed by atoms with van der Waals surface area (Å²) in [6.45, 7) is 4.24. The van der Waals surface area contributed by atoms with E-state index in [1.165, 1.54) is 36.2 Å². The molecule has 3 rings (SSSR count). The van der Waals surface area contributed by atoms with E-state index in [0.29, 0.717) is 0 Å². The van der Waals surface area contributed by atoms with Crippen LogP contribution in [-0.4, -0.2) is 19.6 Å². The first-order valence-corrected chi connectivity index (χ1v) is 6.98. The molecule has 0 spiro atoms. The number of rotatable bonds is 6. The maximum absolute atomic E-state index is 5.04. The van der Waals surface area contributed by atoms with Crippen LogP contribution in [0, 0.1) is 0 Å². The highest BCUT2D eigenvalue weighted by molar-refractivity contribution is 5.57. The van der Waals surface area contributed by atoms with Crippen LogP contribution < -0.4 is 10.2 Å². The van der Waals surface area contributed by atoms with Crippen LogP contribution >= 0.6 is 0 Å². The van der Waals surface area contributed by atoms with Crippen molar-refractivity contribution in [2.45, 2.75) is 19.4 Å². The highest BCUT2D eigenvalue weighted by atomic mass is 16.3. The molecule has 1 aliphatic heterocycles. The molecule has 3 nitrogen and oxygen atoms in total. The second kappa shape index (κ2) is 5.93. The number of para-hydroxylation sites is 1. The number of nitrogens with zero attached hydrogens (tertiary/aromatic N) is 1. The molecule has 0 saturated carbocycles. The highest BCUT2D eigenvalue weighted by Crippen LogP contribution is 2.27. The minimum Gasteiger partial charge on any atom is -0.472 e. The van der Waals surface area contributed by atoms with Crippen LogP contribution in [0.25, 0.3) is 0 Å². The van der Waals surface area contributed by atoms with Gasteiger partial charge in [-0.25, -0.2) is 0 Å². The van der Waals surface area contributed by atoms with Crippen molar-refractivity contribution in [1.82, 2.24) is 5.32 Å². The van der Waals surface area contributed by atoms with Gasteiger partial charge in [-0.3, -0.25) is 0 Å². The molecule has 0 bridgehead atoms. The fourth-order valence-corrected chi connectivity index (χ4v) is 2.66. The lowest BCUT2D eigenvalue weighted by Gasteiger charge is -2.19. The predicted molar refractivity (Wildman–Crippen MR) is 77.4 cm³/mol. The molecule has 100 valence electrons. The molecular weight excluding hydrogens is 236 g/mol. The highest BCUT2D eigenvalue weighted by Gasteiger charge is 2.16. The Morgan fingerprint density at radius 3 is 3.05 bits per heavy atom. The summed E-state index contributed by atoms with van der Waals surface area (Å²) >= 11 is 0. The van der Waals surface area contributed by atoms with E-state index >= 15 is 0 Å². The van der Waals surface area contributed by atoms with E-state index in [4.69, 9.17) is 4.42 Å². The van der Waals surface area contributed by atoms with Crippen molar-refractivity contribution in [2.75, 3.05) is 24.5 Å². The molecule has 2 aromatic rings. The molecule has 1 aromatic carbocycles. The summed E-state index contributed by atoms with van der Waals surface area (Å²) in [6.07, 6.45) is 5.88. The number of nitrogens with one attached hydrogen (secondary N) is 1. The van der Waals surface area contributed by atoms with Gasteiger partial charge in [-0.15, -0.1) is 0 Å². The number of benzene rings is 1. The first-order chi connectivity index (χ1) is 9.43. The standard InChI is InChI=1S/C16H20N2O/c1-2-5-16-15(4-1)6-10-18(16)9-3-8-17-12-14-7-11-19-13-14/h1-2,4-5,7,11,13,17H,3,6,8-10,12H2. The zero-order valence-corrected chi connectivity index (χ0v) is 11.1. The summed E-state index contributed by atoms with van der Waals surface area (Å²) in [5, 5.41) is 3.45. The van der Waals surface area contributed by atoms with Crippen LogP contribution in [-0.2, 0) is 13.0 Å². The van der Waals surface area contributed by atoms with Crippen molar-refractivity contribution >= 4 is 5.69 Å². The van der Waals surface area contributed by atoms with Gasteiger partial charge in [-0.1, -0.05) is 18.2 Å². The van der Waals surface area contributed by atoms with Crippen molar-refractivity contribution in [3.8, 4) is 0 Å². The van der Waals surface area contributed by atoms with Gasteiger partial charge < -0.3 is 14.6 Å². The van der Waals surface area contributed by atoms with Gasteiger partial charge in [-0.2, -0.15) is 0 Å². The maximum Gasteiger partial charge on any atom is 0.0947 e. The molecule has 2 heterocycles. The van der Waals surface area contributed by atoms with E-state index < -0.39 is 0 Å². The van der Waals surface area contributed by atoms with Gasteiger partial charge in [0.15, 0.2) is 0 Å². The minimum absolute atomic E-state index is 0.896. The number of fused-ring (bicyclic) bond motifs is 1. The summed E-state index contributed by atoms with van der Waals surface area (Å²) in [5.74, 6) is 0. The summed E-state index contributed by atoms with van der Waals surface area (Å²) in [6, 6.07) is 10.8. The topological polar surface area (TPSA) is 28.4 Å². The Kier molecular flexibility index (Phi) is 3.84. The molecule has 3 heteroatoms. The van der Waals surface area contributed by atoms with E-state index in [2.05, 4.69) is 34.5 Å². The Hall–Kier alpha value is -1.74. The van der Waals surface area contributed by atoms with E-state index in [9.17, 15) is 0 Å². The lowest BCUT2D eigenvalue weighted by molar-refractivity contribution is 0.559. The van der Waals surface area contributed by atoms with Crippen molar-refractivity contribution in [2.24, 2.45) is 0 Å². The lowest BCUT2D eigenvalue weighted by atomic mass is 10.2. The summed E-state index contributed by atoms with van der Waals surface area (Å²) in [5.41, 5.74) is 4.14. The molecule has 19 heavy (non-hydrogen) atoms. The third kappa shape index (κ3) is 2.99. The zero-order chi connectivity index (χ0) is 12.9. The average Bonchev–Trinajstić information content (AvgIpc) is 3.08. The molecule has 0 unspecified atom stereocenters. The Labute approximate surface area is 114 Å². The van der Waals surface area contributed by atoms with Crippen molar-refractivity contribution in [3.05, 3.63) is 54.0 Å². The lowest BCUT2D eigenvalue weighted by Crippen LogP contribution is -2.25. The van der Waals surface area contributed by atoms with Crippen LogP contribution in [0.1, 0.15) is 17.5 Å². The van der Waals surface area contributed by atoms with Crippen molar-refractivity contribution in [3.63, 3.8) is 0 Å². The summed E-state index contributed by atoms with van der Waals surface area (Å²) < 4.78 is 5.04. The quantitative estimate of drug-likeness (QED) is 0.806. The van der Waals surface area contributed by atoms with Crippen LogP contribution in [0.4, 0.5) is 5.69 Å². The Morgan fingerprint density at radius 2 is 2.16 bits per heavy atom. The minimum atomic E-state index is 0.896. The van der Waals surface area contributed by atoms with Gasteiger partial charge >= 0.3 is 0 Å². The molecule has 1 N–H and O–H groups in total. The van der Waals surface area contributed by atoms with Crippen LogP contribution in [0.15, 0.2) is 47.3 Å². The summed E-state index contributed by atoms with van der Waals surface area (Å²) in [4.78, 5) is 2.49. The van der Waals surface area contributed by atoms with E-state index in [1.807, 2.05) is 6.07 Å². The zero-order valence-electron chi connectivity index (χ0n) is 11.1. The van der Waals surface area contributed by atoms with Gasteiger partial charge in [0.2, 0.25) is 0 Å². The van der Waals surface area contributed by atoms with Gasteiger partial charge in [-0.05, 0) is 37.1 Å². The fourth-order valence-electron chi connectivity index (χ4n) is 2.66. The summed E-state index contributed by atoms with van der Waals surface area (Å²) in [7, 11) is 0. The van der Waals surface area contributed by atoms with Gasteiger partial charge in [0.05, 0.1) is 12.5 Å². The average molecular weight is 256 g/mol. The first-order valence-electron chi connectivity index (χ1n) is 6.98. The fraction of sp³-hybridized carbons (Fsp3) is 0.375. The third-order valence-electron chi connectivity index (χ3n) is 3.67. The van der Waals surface area contributed by atoms with E-state index in [0.717, 1.165) is 19.6 Å². The van der Waals surface area contributed by atoms with Crippen LogP contribution in [0.3, 0.4) is 0 Å². The largest absolute Gasteiger partial charge is 0.472 e. The van der Waals surface area contributed by atoms with Crippen LogP contribution in [0.5, 0.6) is 0 Å². The Bertz CT molecular complexity index is 507. The number of hydrogen-bond donors (Lipinski definition) is 1. The smallest absolute Gasteiger partial charge is 0.0947 e. The van der Waals surface area contributed by atoms with Crippen molar-refractivity contribution in [1.29, 1.82) is 0 Å². The second-order valence-electron chi connectivity index (χ2n) is 5.03. The van der Waals surface area contributed by atoms with E-state index in [1.54, 1.807) is 12.5 Å². The first kappa shape index (κ1) is 12.3. The molecule has 0 fully saturated rings. The second-order valence-corrected chi connectivity index (χ2v) is 5.03. The van der Waals surface area contributed by atoms with Crippen LogP contribution in [0.2, 0.25) is 0 Å². The van der Waals surface area contributed by atoms with Gasteiger partial charge in [0, 0.05) is 30.9 Å². The normalized spacial score (nSPS) is 13.8. The molecule has 0 radical (unpaired) electrons. The molecule has 0 saturated heterocycles. The van der Waals surface area contributed by atoms with Gasteiger partial charge in [0.25, 0.3) is 0 Å². The number of furan rings is 1. The van der Waals surface area contributed by atoms with Gasteiger partial charge in [0.1, 0.15) is 0 Å². The molecule has 0 aliphatic carbocycles. The molecule has 1 aromatic heterocycles. The Balaban J connectivity index is 1.39. The molecule has 0 amide bonds. The SMILES string of the molecule is c1ccc2c(c1)CCN2CCCNCc1ccoc1. The van der Waals surface area contributed by atoms with E-state index in [-0.39, 0.29) is 0 Å². The molecule has 1 aliphatic rings. The third-order valence-corrected chi connectivity index (χ3v) is 3.67. The maximum atomic E-state index is 5.04. The molecule has 0 atom stereocenters. The van der Waals surface area contributed by atoms with Crippen molar-refractivity contribution < 1.29 is 4.42 Å². The number of hydrogen-bond acceptors (Lipinski definition) is 3. The predicted octanol–water partition coefficient (Wildman–Crippen LogP) is 2.82. The Morgan fingerprint density at radius 1 is 1.21 bits per heavy atom. The monoisotopic (exact) mass is 256 g/mol.